The van der Waals surface area contributed by atoms with Gasteiger partial charge in [-0.15, -0.1) is 0 Å². The first-order valence-electron chi connectivity index (χ1n) is 2.22. The Kier molecular flexibility index (Phi) is 8.12. The maximum atomic E-state index is 10.2. The number of carbonyl (C=O) groups excluding carboxylic acids is 2. The Morgan fingerprint density at radius 3 is 1.75 bits per heavy atom. The zero-order valence-corrected chi connectivity index (χ0v) is 6.44. The van der Waals surface area contributed by atoms with E-state index < -0.39 is 0 Å². The van der Waals surface area contributed by atoms with Gasteiger partial charge in [0.05, 0.1) is 0 Å². The molecule has 0 spiro atoms. The van der Waals surface area contributed by atoms with E-state index in [9.17, 15) is 9.59 Å². The molecule has 0 aliphatic rings. The Labute approximate surface area is 77.8 Å². The molecule has 0 heterocycles. The van der Waals surface area contributed by atoms with Crippen molar-refractivity contribution in [2.75, 3.05) is 0 Å². The third-order valence-corrected chi connectivity index (χ3v) is 0.714. The van der Waals surface area contributed by atoms with E-state index in [1.165, 1.54) is 6.92 Å². The summed E-state index contributed by atoms with van der Waals surface area (Å²) in [6.45, 7) is 2.95. The van der Waals surface area contributed by atoms with Crippen molar-refractivity contribution < 1.29 is 46.5 Å². The zero-order chi connectivity index (χ0) is 5.86. The van der Waals surface area contributed by atoms with Gasteiger partial charge < -0.3 is 0 Å². The quantitative estimate of drug-likeness (QED) is 0.690. The Morgan fingerprint density at radius 1 is 1.38 bits per heavy atom. The van der Waals surface area contributed by atoms with Gasteiger partial charge in [-0.2, -0.15) is 0 Å². The number of carbonyl (C=O) groups is 2. The summed E-state index contributed by atoms with van der Waals surface area (Å²) in [4.78, 5) is 20.2. The summed E-state index contributed by atoms with van der Waals surface area (Å²) < 4.78 is 0. The molecule has 2 nitrogen and oxygen atoms in total. The van der Waals surface area contributed by atoms with E-state index in [1.807, 2.05) is 0 Å². The minimum atomic E-state index is -0.345. The molecule has 0 atom stereocenters. The Bertz CT molecular complexity index is 98.6. The van der Waals surface area contributed by atoms with Crippen LogP contribution in [-0.4, -0.2) is 11.6 Å². The van der Waals surface area contributed by atoms with Crippen LogP contribution in [0.3, 0.4) is 0 Å². The van der Waals surface area contributed by atoms with Gasteiger partial charge in [0.25, 0.3) is 0 Å². The Morgan fingerprint density at radius 2 is 1.75 bits per heavy atom. The van der Waals surface area contributed by atoms with Crippen molar-refractivity contribution >= 4 is 11.6 Å². The van der Waals surface area contributed by atoms with Gasteiger partial charge in [-0.1, -0.05) is 6.92 Å². The second-order valence-corrected chi connectivity index (χ2v) is 1.33. The van der Waals surface area contributed by atoms with Crippen LogP contribution in [0.5, 0.6) is 0 Å². The van der Waals surface area contributed by atoms with E-state index in [1.54, 1.807) is 6.92 Å². The van der Waals surface area contributed by atoms with Gasteiger partial charge in [-0.25, -0.2) is 0 Å². The summed E-state index contributed by atoms with van der Waals surface area (Å²) in [5, 5.41) is 0. The molecule has 8 heavy (non-hydrogen) atoms. The SMILES string of the molecule is CCC(=O)C(C)=O.[Lu]. The van der Waals surface area contributed by atoms with Crippen LogP contribution in [0, 0.1) is 36.9 Å². The van der Waals surface area contributed by atoms with Crippen molar-refractivity contribution in [2.24, 2.45) is 0 Å². The monoisotopic (exact) mass is 275 g/mol. The van der Waals surface area contributed by atoms with Crippen molar-refractivity contribution in [3.8, 4) is 0 Å². The second-order valence-electron chi connectivity index (χ2n) is 1.33. The average Bonchev–Trinajstić information content (AvgIpc) is 1.65. The van der Waals surface area contributed by atoms with E-state index >= 15 is 0 Å². The molecule has 0 saturated heterocycles. The molecule has 0 aliphatic carbocycles. The second kappa shape index (κ2) is 5.71. The first-order valence-corrected chi connectivity index (χ1v) is 2.22. The number of rotatable bonds is 2. The number of hydrogen-bond donors (Lipinski definition) is 0. The van der Waals surface area contributed by atoms with Crippen molar-refractivity contribution in [2.45, 2.75) is 20.3 Å². The smallest absolute Gasteiger partial charge is 0.197 e. The first kappa shape index (κ1) is 11.4. The third-order valence-electron chi connectivity index (χ3n) is 0.714. The summed E-state index contributed by atoms with van der Waals surface area (Å²) >= 11 is 0. The normalized spacial score (nSPS) is 7.25. The topological polar surface area (TPSA) is 34.1 Å². The fourth-order valence-corrected chi connectivity index (χ4v) is 0.249. The molecule has 55 valence electrons. The van der Waals surface area contributed by atoms with E-state index in [2.05, 4.69) is 0 Å². The largest absolute Gasteiger partial charge is 0.291 e. The maximum Gasteiger partial charge on any atom is 0.197 e. The molecule has 0 aromatic heterocycles. The van der Waals surface area contributed by atoms with Gasteiger partial charge in [0.15, 0.2) is 11.6 Å². The number of hydrogen-bond acceptors (Lipinski definition) is 2. The van der Waals surface area contributed by atoms with Crippen LogP contribution in [0.1, 0.15) is 20.3 Å². The first-order chi connectivity index (χ1) is 3.18. The maximum absolute atomic E-state index is 10.2. The number of ketones is 2. The molecule has 3 heteroatoms. The molecule has 0 saturated carbocycles. The Balaban J connectivity index is 0. The van der Waals surface area contributed by atoms with Crippen LogP contribution in [0.4, 0.5) is 0 Å². The summed E-state index contributed by atoms with van der Waals surface area (Å²) in [7, 11) is 0. The fraction of sp³-hybridized carbons (Fsp3) is 0.600. The molecule has 0 aromatic carbocycles. The molecule has 0 aliphatic heterocycles. The van der Waals surface area contributed by atoms with Crippen molar-refractivity contribution in [3.63, 3.8) is 0 Å². The van der Waals surface area contributed by atoms with Crippen LogP contribution >= 0.6 is 0 Å². The molecule has 0 rings (SSSR count). The molecular weight excluding hydrogens is 267 g/mol. The molecule has 0 fully saturated rings. The van der Waals surface area contributed by atoms with Crippen LogP contribution in [0.15, 0.2) is 0 Å². The summed E-state index contributed by atoms with van der Waals surface area (Å²) in [6, 6.07) is 0. The predicted molar refractivity (Wildman–Crippen MR) is 26.0 cm³/mol. The molecule has 1 radical (unpaired) electrons. The summed E-state index contributed by atoms with van der Waals surface area (Å²) in [5.41, 5.74) is 0. The summed E-state index contributed by atoms with van der Waals surface area (Å²) in [5.74, 6) is -0.637. The van der Waals surface area contributed by atoms with E-state index in [4.69, 9.17) is 0 Å². The van der Waals surface area contributed by atoms with Crippen LogP contribution in [-0.2, 0) is 9.59 Å². The fourth-order valence-electron chi connectivity index (χ4n) is 0.249. The molecule has 0 unspecified atom stereocenters. The third kappa shape index (κ3) is 4.73. The minimum absolute atomic E-state index is 0. The van der Waals surface area contributed by atoms with Gasteiger partial charge in [0.2, 0.25) is 0 Å². The predicted octanol–water partition coefficient (Wildman–Crippen LogP) is 0.554. The van der Waals surface area contributed by atoms with Crippen LogP contribution in [0.25, 0.3) is 0 Å². The van der Waals surface area contributed by atoms with Gasteiger partial charge in [-0.05, 0) is 0 Å². The van der Waals surface area contributed by atoms with E-state index in [0.29, 0.717) is 6.42 Å². The van der Waals surface area contributed by atoms with Crippen molar-refractivity contribution in [1.29, 1.82) is 0 Å². The van der Waals surface area contributed by atoms with Gasteiger partial charge in [-0.3, -0.25) is 9.59 Å². The van der Waals surface area contributed by atoms with E-state index in [0.717, 1.165) is 0 Å². The standard InChI is InChI=1S/C5H8O2.Lu/c1-3-5(7)4(2)6;/h3H2,1-2H3;. The molecular formula is C5H8LuO2. The number of Topliss-reactive ketones (excluding diaryl/α,β-unsaturated/α-hetero) is 2. The molecule has 0 amide bonds. The van der Waals surface area contributed by atoms with Gasteiger partial charge >= 0.3 is 0 Å². The van der Waals surface area contributed by atoms with Crippen molar-refractivity contribution in [3.05, 3.63) is 0 Å². The van der Waals surface area contributed by atoms with Crippen molar-refractivity contribution in [1.82, 2.24) is 0 Å². The van der Waals surface area contributed by atoms with Crippen LogP contribution < -0.4 is 0 Å². The molecule has 0 N–H and O–H groups in total. The minimum Gasteiger partial charge on any atom is -0.291 e. The molecule has 0 aromatic rings. The van der Waals surface area contributed by atoms with Gasteiger partial charge in [0.1, 0.15) is 0 Å². The zero-order valence-electron chi connectivity index (χ0n) is 4.78. The van der Waals surface area contributed by atoms with Crippen LogP contribution in [0.2, 0.25) is 0 Å². The van der Waals surface area contributed by atoms with E-state index in [-0.39, 0.29) is 48.4 Å². The average molecular weight is 275 g/mol. The Hall–Kier alpha value is 0.574. The summed E-state index contributed by atoms with van der Waals surface area (Å²) in [6.07, 6.45) is 0.329. The molecule has 0 bridgehead atoms. The van der Waals surface area contributed by atoms with Gasteiger partial charge in [0, 0.05) is 50.2 Å².